The summed E-state index contributed by atoms with van der Waals surface area (Å²) >= 11 is -0.334. The number of hydrogen-bond donors (Lipinski definition) is 1. The van der Waals surface area contributed by atoms with E-state index in [2.05, 4.69) is 6.58 Å². The predicted octanol–water partition coefficient (Wildman–Crippen LogP) is 4.16. The Hall–Kier alpha value is -2.48. The highest BCUT2D eigenvalue weighted by atomic mass is 32.2. The van der Waals surface area contributed by atoms with Crippen LogP contribution in [0.1, 0.15) is 21.7 Å². The summed E-state index contributed by atoms with van der Waals surface area (Å²) in [5, 5.41) is 9.77. The number of hydrogen-bond acceptors (Lipinski definition) is 5. The second-order valence-corrected chi connectivity index (χ2v) is 5.93. The molecule has 1 aromatic carbocycles. The minimum absolute atomic E-state index is 0.105. The highest BCUT2D eigenvalue weighted by Crippen LogP contribution is 2.37. The third-order valence-electron chi connectivity index (χ3n) is 2.97. The molecule has 0 bridgehead atoms. The van der Waals surface area contributed by atoms with Gasteiger partial charge in [-0.15, -0.1) is 0 Å². The minimum atomic E-state index is -4.47. The van der Waals surface area contributed by atoms with Crippen LogP contribution in [0.2, 0.25) is 0 Å². The summed E-state index contributed by atoms with van der Waals surface area (Å²) in [5.41, 5.74) is -6.25. The van der Waals surface area contributed by atoms with Crippen LogP contribution in [0, 0.1) is 6.92 Å². The third-order valence-corrected chi connectivity index (χ3v) is 3.69. The summed E-state index contributed by atoms with van der Waals surface area (Å²) in [6.07, 6.45) is 0. The van der Waals surface area contributed by atoms with Crippen LogP contribution in [0.5, 0.6) is 5.75 Å². The molecule has 1 N–H and O–H groups in total. The molecule has 0 aliphatic carbocycles. The van der Waals surface area contributed by atoms with Gasteiger partial charge in [-0.25, -0.2) is 4.79 Å². The number of allylic oxidation sites excluding steroid dienone is 1. The van der Waals surface area contributed by atoms with E-state index in [0.717, 1.165) is 12.1 Å². The second kappa shape index (κ2) is 6.56. The normalized spacial score (nSPS) is 11.3. The van der Waals surface area contributed by atoms with E-state index in [4.69, 9.17) is 4.42 Å². The zero-order chi connectivity index (χ0) is 18.1. The number of benzene rings is 1. The van der Waals surface area contributed by atoms with E-state index in [1.54, 1.807) is 0 Å². The molecule has 1 aromatic heterocycles. The molecule has 0 unspecified atom stereocenters. The Morgan fingerprint density at radius 1 is 1.29 bits per heavy atom. The standard InChI is InChI=1S/C16H11F3O4S/c1-8-6-12(20)13(15(22)23-8)14(21)9(2)10-4-3-5-11(7-10)24-16(17,18)19/h3-7,20H,2H2,1H3. The summed E-state index contributed by atoms with van der Waals surface area (Å²) in [6.45, 7) is 4.93. The van der Waals surface area contributed by atoms with Gasteiger partial charge < -0.3 is 9.52 Å². The summed E-state index contributed by atoms with van der Waals surface area (Å²) in [4.78, 5) is 24.0. The molecule has 0 aliphatic heterocycles. The zero-order valence-corrected chi connectivity index (χ0v) is 13.1. The Kier molecular flexibility index (Phi) is 4.88. The predicted molar refractivity (Wildman–Crippen MR) is 83.1 cm³/mol. The van der Waals surface area contributed by atoms with Gasteiger partial charge in [-0.1, -0.05) is 18.7 Å². The average molecular weight is 356 g/mol. The van der Waals surface area contributed by atoms with Crippen molar-refractivity contribution in [3.8, 4) is 5.75 Å². The van der Waals surface area contributed by atoms with Crippen LogP contribution >= 0.6 is 11.8 Å². The Bertz CT molecular complexity index is 868. The number of carbonyl (C=O) groups excluding carboxylic acids is 1. The average Bonchev–Trinajstić information content (AvgIpc) is 2.43. The molecule has 0 saturated heterocycles. The van der Waals surface area contributed by atoms with Crippen molar-refractivity contribution in [1.29, 1.82) is 0 Å². The third kappa shape index (κ3) is 4.08. The Balaban J connectivity index is 2.38. The number of aryl methyl sites for hydroxylation is 1. The fraction of sp³-hybridized carbons (Fsp3) is 0.125. The maximum atomic E-state index is 12.4. The van der Waals surface area contributed by atoms with Crippen LogP contribution in [-0.4, -0.2) is 16.4 Å². The van der Waals surface area contributed by atoms with Gasteiger partial charge in [-0.05, 0) is 36.4 Å². The minimum Gasteiger partial charge on any atom is -0.507 e. The summed E-state index contributed by atoms with van der Waals surface area (Å²) in [5.74, 6) is -1.38. The summed E-state index contributed by atoms with van der Waals surface area (Å²) in [7, 11) is 0. The number of carbonyl (C=O) groups is 1. The molecule has 8 heteroatoms. The van der Waals surface area contributed by atoms with Crippen LogP contribution in [0.25, 0.3) is 5.57 Å². The quantitative estimate of drug-likeness (QED) is 0.506. The largest absolute Gasteiger partial charge is 0.507 e. The lowest BCUT2D eigenvalue weighted by molar-refractivity contribution is -0.0328. The smallest absolute Gasteiger partial charge is 0.446 e. The van der Waals surface area contributed by atoms with Crippen molar-refractivity contribution < 1.29 is 27.5 Å². The number of rotatable bonds is 4. The van der Waals surface area contributed by atoms with Gasteiger partial charge in [0.05, 0.1) is 0 Å². The molecule has 0 radical (unpaired) electrons. The molecule has 0 aliphatic rings. The van der Waals surface area contributed by atoms with E-state index < -0.39 is 28.2 Å². The van der Waals surface area contributed by atoms with E-state index in [1.807, 2.05) is 0 Å². The first-order valence-corrected chi connectivity index (χ1v) is 7.33. The van der Waals surface area contributed by atoms with Crippen molar-refractivity contribution in [3.05, 3.63) is 64.2 Å². The molecular weight excluding hydrogens is 345 g/mol. The lowest BCUT2D eigenvalue weighted by atomic mass is 9.99. The van der Waals surface area contributed by atoms with Gasteiger partial charge in [-0.3, -0.25) is 4.79 Å². The number of aromatic hydroxyl groups is 1. The van der Waals surface area contributed by atoms with Crippen LogP contribution < -0.4 is 5.63 Å². The molecule has 1 heterocycles. The van der Waals surface area contributed by atoms with E-state index in [9.17, 15) is 27.9 Å². The summed E-state index contributed by atoms with van der Waals surface area (Å²) in [6, 6.07) is 6.17. The Morgan fingerprint density at radius 2 is 1.96 bits per heavy atom. The van der Waals surface area contributed by atoms with Crippen molar-refractivity contribution >= 4 is 23.1 Å². The van der Waals surface area contributed by atoms with Crippen LogP contribution in [-0.2, 0) is 0 Å². The molecule has 0 saturated carbocycles. The molecule has 2 rings (SSSR count). The number of halogens is 3. The van der Waals surface area contributed by atoms with E-state index in [-0.39, 0.29) is 33.6 Å². The van der Waals surface area contributed by atoms with E-state index in [1.165, 1.54) is 25.1 Å². The van der Waals surface area contributed by atoms with Crippen LogP contribution in [0.15, 0.2) is 51.0 Å². The van der Waals surface area contributed by atoms with Crippen molar-refractivity contribution in [3.63, 3.8) is 0 Å². The first kappa shape index (κ1) is 17.9. The zero-order valence-electron chi connectivity index (χ0n) is 12.3. The van der Waals surface area contributed by atoms with Crippen molar-refractivity contribution in [2.24, 2.45) is 0 Å². The van der Waals surface area contributed by atoms with E-state index >= 15 is 0 Å². The van der Waals surface area contributed by atoms with Crippen molar-refractivity contribution in [2.45, 2.75) is 17.3 Å². The van der Waals surface area contributed by atoms with Crippen LogP contribution in [0.4, 0.5) is 13.2 Å². The lowest BCUT2D eigenvalue weighted by Crippen LogP contribution is -2.15. The van der Waals surface area contributed by atoms with Gasteiger partial charge in [0, 0.05) is 16.5 Å². The maximum Gasteiger partial charge on any atom is 0.446 e. The van der Waals surface area contributed by atoms with Gasteiger partial charge >= 0.3 is 11.1 Å². The molecule has 0 amide bonds. The maximum absolute atomic E-state index is 12.4. The molecular formula is C16H11F3O4S. The highest BCUT2D eigenvalue weighted by molar-refractivity contribution is 8.00. The monoisotopic (exact) mass is 356 g/mol. The van der Waals surface area contributed by atoms with Crippen molar-refractivity contribution in [2.75, 3.05) is 0 Å². The summed E-state index contributed by atoms with van der Waals surface area (Å²) < 4.78 is 42.0. The molecule has 0 fully saturated rings. The number of alkyl halides is 3. The van der Waals surface area contributed by atoms with E-state index in [0.29, 0.717) is 0 Å². The Labute approximate surface area is 138 Å². The molecule has 126 valence electrons. The fourth-order valence-electron chi connectivity index (χ4n) is 1.97. The molecule has 4 nitrogen and oxygen atoms in total. The molecule has 2 aromatic rings. The van der Waals surface area contributed by atoms with Gasteiger partial charge in [0.2, 0.25) is 5.78 Å². The fourth-order valence-corrected chi connectivity index (χ4v) is 2.57. The number of ketones is 1. The second-order valence-electron chi connectivity index (χ2n) is 4.79. The van der Waals surface area contributed by atoms with Gasteiger partial charge in [0.25, 0.3) is 0 Å². The highest BCUT2D eigenvalue weighted by Gasteiger charge is 2.29. The van der Waals surface area contributed by atoms with Gasteiger partial charge in [0.1, 0.15) is 17.1 Å². The van der Waals surface area contributed by atoms with Crippen LogP contribution in [0.3, 0.4) is 0 Å². The Morgan fingerprint density at radius 3 is 2.54 bits per heavy atom. The lowest BCUT2D eigenvalue weighted by Gasteiger charge is -2.09. The van der Waals surface area contributed by atoms with Gasteiger partial charge in [-0.2, -0.15) is 13.2 Å². The van der Waals surface area contributed by atoms with Gasteiger partial charge in [0.15, 0.2) is 0 Å². The number of thioether (sulfide) groups is 1. The molecule has 0 atom stereocenters. The molecule has 24 heavy (non-hydrogen) atoms. The number of Topliss-reactive ketones (excluding diaryl/α,β-unsaturated/α-hetero) is 1. The first-order valence-electron chi connectivity index (χ1n) is 6.52. The first-order chi connectivity index (χ1) is 11.1. The topological polar surface area (TPSA) is 67.5 Å². The molecule has 0 spiro atoms. The SMILES string of the molecule is C=C(C(=O)c1c(O)cc(C)oc1=O)c1cccc(SC(F)(F)F)c1. The van der Waals surface area contributed by atoms with Crippen molar-refractivity contribution in [1.82, 2.24) is 0 Å².